The minimum absolute atomic E-state index is 0. The first kappa shape index (κ1) is 27.2. The number of halogens is 3. The molecule has 0 N–H and O–H groups in total. The summed E-state index contributed by atoms with van der Waals surface area (Å²) in [5.74, 6) is 0. The van der Waals surface area contributed by atoms with Crippen LogP contribution < -0.4 is 37.2 Å². The Morgan fingerprint density at radius 1 is 0.654 bits per heavy atom. The first-order valence-corrected chi connectivity index (χ1v) is 8.62. The third-order valence-electron chi connectivity index (χ3n) is 3.05. The van der Waals surface area contributed by atoms with Gasteiger partial charge in [0.05, 0.1) is 22.1 Å². The second-order valence-electron chi connectivity index (χ2n) is 4.79. The molecule has 0 amide bonds. The molecule has 0 atom stereocenters. The van der Waals surface area contributed by atoms with E-state index in [1.807, 2.05) is 24.3 Å². The molecule has 0 saturated heterocycles. The molecule has 0 saturated carbocycles. The van der Waals surface area contributed by atoms with Crippen molar-refractivity contribution in [3.63, 3.8) is 0 Å². The molecule has 0 aliphatic heterocycles. The normalized spacial score (nSPS) is 9.19. The van der Waals surface area contributed by atoms with Crippen molar-refractivity contribution in [1.29, 1.82) is 0 Å². The van der Waals surface area contributed by atoms with Crippen molar-refractivity contribution < 1.29 is 60.9 Å². The van der Waals surface area contributed by atoms with Crippen LogP contribution in [0.4, 0.5) is 0 Å². The zero-order valence-electron chi connectivity index (χ0n) is 13.7. The van der Waals surface area contributed by atoms with Crippen molar-refractivity contribution in [1.82, 2.24) is 19.9 Å². The van der Waals surface area contributed by atoms with Crippen LogP contribution in [0.25, 0.3) is 32.8 Å². The van der Waals surface area contributed by atoms with E-state index in [2.05, 4.69) is 19.9 Å². The van der Waals surface area contributed by atoms with Gasteiger partial charge in [0.1, 0.15) is 0 Å². The van der Waals surface area contributed by atoms with Crippen LogP contribution in [0, 0.1) is 0 Å². The predicted molar refractivity (Wildman–Crippen MR) is 90.1 cm³/mol. The van der Waals surface area contributed by atoms with Crippen LogP contribution >= 0.6 is 0 Å². The molecule has 26 heavy (non-hydrogen) atoms. The number of aromatic nitrogens is 4. The van der Waals surface area contributed by atoms with E-state index in [9.17, 15) is 4.21 Å². The van der Waals surface area contributed by atoms with Crippen LogP contribution in [-0.2, 0) is 30.3 Å². The molecule has 1 aromatic carbocycles. The minimum Gasteiger partial charge on any atom is -1.00 e. The number of hydrogen-bond acceptors (Lipinski definition) is 5. The summed E-state index contributed by atoms with van der Waals surface area (Å²) in [5.41, 5.74) is 3.50. The van der Waals surface area contributed by atoms with Crippen LogP contribution in [0.1, 0.15) is 0 Å². The second kappa shape index (κ2) is 12.4. The van der Waals surface area contributed by atoms with Gasteiger partial charge in [-0.15, -0.1) is 0 Å². The van der Waals surface area contributed by atoms with Gasteiger partial charge in [0.25, 0.3) is 0 Å². The van der Waals surface area contributed by atoms with Gasteiger partial charge >= 0.3 is 19.5 Å². The summed E-state index contributed by atoms with van der Waals surface area (Å²) >= 11 is 0. The van der Waals surface area contributed by atoms with Crippen LogP contribution in [0.5, 0.6) is 0 Å². The maximum atomic E-state index is 9.56. The molecule has 0 radical (unpaired) electrons. The fourth-order valence-electron chi connectivity index (χ4n) is 2.30. The van der Waals surface area contributed by atoms with Crippen molar-refractivity contribution >= 4 is 43.6 Å². The van der Waals surface area contributed by atoms with Gasteiger partial charge in [-0.1, -0.05) is 0 Å². The molecule has 0 fully saturated rings. The summed E-state index contributed by atoms with van der Waals surface area (Å²) in [6, 6.07) is 7.83. The van der Waals surface area contributed by atoms with Crippen LogP contribution in [-0.4, -0.2) is 36.7 Å². The van der Waals surface area contributed by atoms with Gasteiger partial charge < -0.3 is 37.2 Å². The molecule has 140 valence electrons. The monoisotopic (exact) mass is 518 g/mol. The molecule has 0 aliphatic carbocycles. The van der Waals surface area contributed by atoms with Crippen molar-refractivity contribution in [2.45, 2.75) is 0 Å². The van der Waals surface area contributed by atoms with Gasteiger partial charge in [-0.05, 0) is 24.3 Å². The molecule has 0 unspecified atom stereocenters. The molecule has 0 bridgehead atoms. The minimum atomic E-state index is -0.611. The van der Waals surface area contributed by atoms with Gasteiger partial charge in [0.15, 0.2) is 0 Å². The molecular formula is C16H14Cl3N4ORhS. The molecule has 3 heterocycles. The Hall–Kier alpha value is -0.977. The Kier molecular flexibility index (Phi) is 13.0. The molecule has 0 spiro atoms. The number of pyridine rings is 2. The van der Waals surface area contributed by atoms with E-state index >= 15 is 0 Å². The zero-order valence-corrected chi connectivity index (χ0v) is 18.4. The van der Waals surface area contributed by atoms with E-state index < -0.39 is 10.8 Å². The third-order valence-corrected chi connectivity index (χ3v) is 3.05. The van der Waals surface area contributed by atoms with Gasteiger partial charge in [0, 0.05) is 58.9 Å². The van der Waals surface area contributed by atoms with E-state index in [1.54, 1.807) is 37.3 Å². The summed E-state index contributed by atoms with van der Waals surface area (Å²) in [7, 11) is -0.611. The van der Waals surface area contributed by atoms with Gasteiger partial charge in [-0.3, -0.25) is 24.1 Å². The smallest absolute Gasteiger partial charge is 1.00 e. The number of benzene rings is 1. The molecule has 4 rings (SSSR count). The number of fused-ring (bicyclic) bond motifs is 6. The van der Waals surface area contributed by atoms with Crippen molar-refractivity contribution in [3.8, 4) is 0 Å². The summed E-state index contributed by atoms with van der Waals surface area (Å²) in [6.07, 6.45) is 10.2. The van der Waals surface area contributed by atoms with Crippen LogP contribution in [0.15, 0.2) is 49.1 Å². The zero-order chi connectivity index (χ0) is 15.5. The quantitative estimate of drug-likeness (QED) is 0.171. The van der Waals surface area contributed by atoms with E-state index in [1.165, 1.54) is 0 Å². The van der Waals surface area contributed by atoms with Crippen LogP contribution in [0.3, 0.4) is 0 Å². The van der Waals surface area contributed by atoms with Crippen molar-refractivity contribution in [3.05, 3.63) is 49.1 Å². The van der Waals surface area contributed by atoms with E-state index in [0.717, 1.165) is 32.8 Å². The Bertz CT molecular complexity index is 782. The average Bonchev–Trinajstić information content (AvgIpc) is 2.55. The number of nitrogens with zero attached hydrogens (tertiary/aromatic N) is 4. The Labute approximate surface area is 185 Å². The van der Waals surface area contributed by atoms with E-state index in [0.29, 0.717) is 0 Å². The van der Waals surface area contributed by atoms with E-state index in [-0.39, 0.29) is 56.7 Å². The number of rotatable bonds is 0. The van der Waals surface area contributed by atoms with Gasteiger partial charge in [-0.25, -0.2) is 0 Å². The standard InChI is InChI=1S/C14H8N4.C2H6OS.3ClH.Rh/c1-3-9-11(15-5-1)12-10(4-2-6-16-12)14-13(9)17-7-8-18-14;1-4(2)3;;;;/h1-8H;1-2H3;3*1H;/q;;;;;+3/p-3. The summed E-state index contributed by atoms with van der Waals surface area (Å²) in [4.78, 5) is 17.7. The van der Waals surface area contributed by atoms with E-state index in [4.69, 9.17) is 0 Å². The third kappa shape index (κ3) is 5.76. The Morgan fingerprint density at radius 3 is 1.23 bits per heavy atom. The van der Waals surface area contributed by atoms with Crippen molar-refractivity contribution in [2.24, 2.45) is 0 Å². The fraction of sp³-hybridized carbons (Fsp3) is 0.125. The molecule has 3 aromatic heterocycles. The molecule has 4 aromatic rings. The molecule has 5 nitrogen and oxygen atoms in total. The summed E-state index contributed by atoms with van der Waals surface area (Å²) in [6.45, 7) is 0. The fourth-order valence-corrected chi connectivity index (χ4v) is 2.30. The van der Waals surface area contributed by atoms with Gasteiger partial charge in [0.2, 0.25) is 0 Å². The molecule has 0 aliphatic rings. The summed E-state index contributed by atoms with van der Waals surface area (Å²) < 4.78 is 9.56. The largest absolute Gasteiger partial charge is 3.00 e. The van der Waals surface area contributed by atoms with Crippen LogP contribution in [0.2, 0.25) is 0 Å². The molecule has 10 heteroatoms. The van der Waals surface area contributed by atoms with Gasteiger partial charge in [-0.2, -0.15) is 0 Å². The first-order chi connectivity index (χ1) is 10.7. The maximum absolute atomic E-state index is 9.56. The first-order valence-electron chi connectivity index (χ1n) is 6.65. The Balaban J connectivity index is 0. The summed E-state index contributed by atoms with van der Waals surface area (Å²) in [5, 5.41) is 1.98. The SMILES string of the molecule is CS(C)=O.[Cl-].[Cl-].[Cl-].[Rh+3].c1cnc2c(c1)c1nccnc1c1cccnc12. The maximum Gasteiger partial charge on any atom is 3.00 e. The predicted octanol–water partition coefficient (Wildman–Crippen LogP) is -6.27. The average molecular weight is 520 g/mol. The second-order valence-corrected chi connectivity index (χ2v) is 6.28. The Morgan fingerprint density at radius 2 is 0.923 bits per heavy atom. The van der Waals surface area contributed by atoms with Crippen molar-refractivity contribution in [2.75, 3.05) is 12.5 Å². The topological polar surface area (TPSA) is 68.6 Å². The number of hydrogen-bond donors (Lipinski definition) is 0. The molecular weight excluding hydrogens is 506 g/mol.